The lowest BCUT2D eigenvalue weighted by atomic mass is 9.67. The summed E-state index contributed by atoms with van der Waals surface area (Å²) in [7, 11) is 1.68. The molecular formula is C17H25ClN2O2. The minimum atomic E-state index is -0.199. The molecule has 2 aliphatic rings. The van der Waals surface area contributed by atoms with Gasteiger partial charge in [-0.15, -0.1) is 12.4 Å². The monoisotopic (exact) mass is 324 g/mol. The average molecular weight is 325 g/mol. The summed E-state index contributed by atoms with van der Waals surface area (Å²) in [5.74, 6) is 0.681. The van der Waals surface area contributed by atoms with E-state index >= 15 is 0 Å². The third-order valence-corrected chi connectivity index (χ3v) is 4.99. The molecule has 0 radical (unpaired) electrons. The molecule has 0 bridgehead atoms. The Bertz CT molecular complexity index is 523. The molecular weight excluding hydrogens is 300 g/mol. The van der Waals surface area contributed by atoms with Gasteiger partial charge in [-0.25, -0.2) is 0 Å². The van der Waals surface area contributed by atoms with E-state index in [4.69, 9.17) is 4.74 Å². The van der Waals surface area contributed by atoms with Gasteiger partial charge in [0.15, 0.2) is 0 Å². The second-order valence-corrected chi connectivity index (χ2v) is 6.32. The van der Waals surface area contributed by atoms with Crippen LogP contribution < -0.4 is 10.6 Å². The highest BCUT2D eigenvalue weighted by atomic mass is 35.5. The van der Waals surface area contributed by atoms with Crippen molar-refractivity contribution in [1.29, 1.82) is 0 Å². The summed E-state index contributed by atoms with van der Waals surface area (Å²) < 4.78 is 5.15. The highest BCUT2D eigenvalue weighted by Gasteiger charge is 2.49. The van der Waals surface area contributed by atoms with Gasteiger partial charge < -0.3 is 15.4 Å². The molecule has 22 heavy (non-hydrogen) atoms. The molecule has 2 atom stereocenters. The third-order valence-electron chi connectivity index (χ3n) is 4.99. The van der Waals surface area contributed by atoms with E-state index < -0.39 is 0 Å². The van der Waals surface area contributed by atoms with Crippen LogP contribution in [-0.4, -0.2) is 26.1 Å². The van der Waals surface area contributed by atoms with E-state index in [-0.39, 0.29) is 23.7 Å². The van der Waals surface area contributed by atoms with Crippen LogP contribution in [0.1, 0.15) is 31.2 Å². The number of benzene rings is 1. The van der Waals surface area contributed by atoms with Crippen molar-refractivity contribution in [2.75, 3.05) is 25.5 Å². The summed E-state index contributed by atoms with van der Waals surface area (Å²) in [6.45, 7) is 2.37. The maximum absolute atomic E-state index is 12.9. The molecule has 1 aliphatic carbocycles. The maximum Gasteiger partial charge on any atom is 0.232 e. The number of nitrogens with one attached hydrogen (secondary N) is 2. The quantitative estimate of drug-likeness (QED) is 0.895. The van der Waals surface area contributed by atoms with Gasteiger partial charge in [0, 0.05) is 19.3 Å². The normalized spacial score (nSPS) is 26.9. The summed E-state index contributed by atoms with van der Waals surface area (Å²) >= 11 is 0. The fourth-order valence-electron chi connectivity index (χ4n) is 3.85. The van der Waals surface area contributed by atoms with Gasteiger partial charge in [0.05, 0.1) is 12.0 Å². The minimum Gasteiger partial charge on any atom is -0.380 e. The molecule has 2 N–H and O–H groups in total. The highest BCUT2D eigenvalue weighted by molar-refractivity contribution is 5.96. The van der Waals surface area contributed by atoms with Crippen LogP contribution in [-0.2, 0) is 16.1 Å². The second-order valence-electron chi connectivity index (χ2n) is 6.32. The Morgan fingerprint density at radius 1 is 1.45 bits per heavy atom. The molecule has 3 rings (SSSR count). The number of rotatable bonds is 4. The van der Waals surface area contributed by atoms with Crippen LogP contribution in [0.25, 0.3) is 0 Å². The first kappa shape index (κ1) is 17.3. The molecule has 0 aromatic heterocycles. The molecule has 122 valence electrons. The molecule has 1 saturated carbocycles. The fourth-order valence-corrected chi connectivity index (χ4v) is 3.85. The zero-order valence-electron chi connectivity index (χ0n) is 13.1. The van der Waals surface area contributed by atoms with Crippen LogP contribution in [0.5, 0.6) is 0 Å². The summed E-state index contributed by atoms with van der Waals surface area (Å²) in [6, 6.07) is 7.93. The number of ether oxygens (including phenoxy) is 1. The molecule has 1 saturated heterocycles. The summed E-state index contributed by atoms with van der Waals surface area (Å²) in [4.78, 5) is 12.9. The van der Waals surface area contributed by atoms with Crippen LogP contribution in [0.4, 0.5) is 5.69 Å². The van der Waals surface area contributed by atoms with E-state index in [1.165, 1.54) is 12.8 Å². The molecule has 1 aliphatic heterocycles. The van der Waals surface area contributed by atoms with Crippen LogP contribution in [0.15, 0.2) is 24.3 Å². The Morgan fingerprint density at radius 3 is 3.14 bits per heavy atom. The predicted molar refractivity (Wildman–Crippen MR) is 90.3 cm³/mol. The number of carbonyl (C=O) groups excluding carboxylic acids is 1. The highest BCUT2D eigenvalue weighted by Crippen LogP contribution is 2.44. The first-order valence-electron chi connectivity index (χ1n) is 7.85. The lowest BCUT2D eigenvalue weighted by Gasteiger charge is -2.37. The Balaban J connectivity index is 0.00000176. The lowest BCUT2D eigenvalue weighted by Crippen LogP contribution is -2.44. The average Bonchev–Trinajstić information content (AvgIpc) is 2.93. The molecule has 0 unspecified atom stereocenters. The van der Waals surface area contributed by atoms with E-state index in [1.54, 1.807) is 7.11 Å². The lowest BCUT2D eigenvalue weighted by molar-refractivity contribution is -0.128. The van der Waals surface area contributed by atoms with E-state index in [0.29, 0.717) is 12.5 Å². The Hall–Kier alpha value is -1.10. The van der Waals surface area contributed by atoms with Crippen molar-refractivity contribution in [3.05, 3.63) is 29.8 Å². The van der Waals surface area contributed by atoms with Crippen molar-refractivity contribution >= 4 is 24.0 Å². The van der Waals surface area contributed by atoms with Crippen molar-refractivity contribution in [2.45, 2.75) is 32.3 Å². The summed E-state index contributed by atoms with van der Waals surface area (Å²) in [6.07, 6.45) is 4.60. The van der Waals surface area contributed by atoms with Gasteiger partial charge in [-0.1, -0.05) is 25.0 Å². The van der Waals surface area contributed by atoms with Crippen molar-refractivity contribution in [2.24, 2.45) is 11.3 Å². The molecule has 1 aromatic carbocycles. The van der Waals surface area contributed by atoms with E-state index in [0.717, 1.165) is 37.2 Å². The van der Waals surface area contributed by atoms with Gasteiger partial charge in [0.1, 0.15) is 0 Å². The molecule has 1 aromatic rings. The van der Waals surface area contributed by atoms with E-state index in [1.807, 2.05) is 24.3 Å². The second kappa shape index (κ2) is 7.44. The van der Waals surface area contributed by atoms with Crippen molar-refractivity contribution in [3.63, 3.8) is 0 Å². The Kier molecular flexibility index (Phi) is 5.84. The van der Waals surface area contributed by atoms with Gasteiger partial charge in [0.2, 0.25) is 5.91 Å². The van der Waals surface area contributed by atoms with Crippen LogP contribution >= 0.6 is 12.4 Å². The number of halogens is 1. The number of anilines is 1. The molecule has 5 heteroatoms. The van der Waals surface area contributed by atoms with Crippen molar-refractivity contribution in [1.82, 2.24) is 5.32 Å². The molecule has 1 heterocycles. The maximum atomic E-state index is 12.9. The van der Waals surface area contributed by atoms with Crippen molar-refractivity contribution < 1.29 is 9.53 Å². The number of hydrogen-bond acceptors (Lipinski definition) is 3. The molecule has 0 spiro atoms. The first-order valence-corrected chi connectivity index (χ1v) is 7.85. The van der Waals surface area contributed by atoms with Gasteiger partial charge in [-0.3, -0.25) is 4.79 Å². The van der Waals surface area contributed by atoms with E-state index in [9.17, 15) is 4.79 Å². The van der Waals surface area contributed by atoms with Gasteiger partial charge >= 0.3 is 0 Å². The van der Waals surface area contributed by atoms with Crippen LogP contribution in [0, 0.1) is 11.3 Å². The summed E-state index contributed by atoms with van der Waals surface area (Å²) in [5, 5.41) is 6.56. The smallest absolute Gasteiger partial charge is 0.232 e. The van der Waals surface area contributed by atoms with Crippen LogP contribution in [0.3, 0.4) is 0 Å². The number of amides is 1. The molecule has 1 amide bonds. The number of carbonyl (C=O) groups is 1. The number of methoxy groups -OCH3 is 1. The standard InChI is InChI=1S/C17H24N2O2.ClH/c1-21-11-13-5-4-7-15(9-13)19-16(20)17-8-3-2-6-14(17)10-18-12-17;/h4-5,7,9,14,18H,2-3,6,8,10-12H2,1H3,(H,19,20);1H/t14-,17+;/m0./s1. The zero-order valence-corrected chi connectivity index (χ0v) is 13.9. The SMILES string of the molecule is COCc1cccc(NC(=O)[C@@]23CCCC[C@H]2CNC3)c1.Cl. The topological polar surface area (TPSA) is 50.4 Å². The summed E-state index contributed by atoms with van der Waals surface area (Å²) in [5.41, 5.74) is 1.76. The van der Waals surface area contributed by atoms with Crippen LogP contribution in [0.2, 0.25) is 0 Å². The van der Waals surface area contributed by atoms with Gasteiger partial charge in [0.25, 0.3) is 0 Å². The number of fused-ring (bicyclic) bond motifs is 1. The predicted octanol–water partition coefficient (Wildman–Crippen LogP) is 2.97. The van der Waals surface area contributed by atoms with E-state index in [2.05, 4.69) is 10.6 Å². The third kappa shape index (κ3) is 3.29. The molecule has 2 fully saturated rings. The van der Waals surface area contributed by atoms with Gasteiger partial charge in [-0.2, -0.15) is 0 Å². The Labute approximate surface area is 138 Å². The largest absolute Gasteiger partial charge is 0.380 e. The van der Waals surface area contributed by atoms with Crippen molar-refractivity contribution in [3.8, 4) is 0 Å². The minimum absolute atomic E-state index is 0. The zero-order chi connectivity index (χ0) is 14.7. The first-order chi connectivity index (χ1) is 10.2. The number of hydrogen-bond donors (Lipinski definition) is 2. The van der Waals surface area contributed by atoms with Gasteiger partial charge in [-0.05, 0) is 43.0 Å². The Morgan fingerprint density at radius 2 is 2.32 bits per heavy atom. The molecule has 4 nitrogen and oxygen atoms in total. The fraction of sp³-hybridized carbons (Fsp3) is 0.588.